The fraction of sp³-hybridized carbons (Fsp3) is 0.417. The van der Waals surface area contributed by atoms with Crippen molar-refractivity contribution in [1.82, 2.24) is 4.90 Å². The Kier molecular flexibility index (Phi) is 7.49. The summed E-state index contributed by atoms with van der Waals surface area (Å²) in [5.74, 6) is -0.801. The van der Waals surface area contributed by atoms with Gasteiger partial charge in [-0.05, 0) is 49.8 Å². The lowest BCUT2D eigenvalue weighted by molar-refractivity contribution is -0.129. The van der Waals surface area contributed by atoms with Crippen molar-refractivity contribution in [2.75, 3.05) is 24.2 Å². The number of rotatable bonds is 8. The lowest BCUT2D eigenvalue weighted by Gasteiger charge is -2.23. The van der Waals surface area contributed by atoms with Crippen molar-refractivity contribution in [3.63, 3.8) is 0 Å². The summed E-state index contributed by atoms with van der Waals surface area (Å²) < 4.78 is 26.4. The highest BCUT2D eigenvalue weighted by molar-refractivity contribution is 7.92. The van der Waals surface area contributed by atoms with Crippen molar-refractivity contribution >= 4 is 27.3 Å². The van der Waals surface area contributed by atoms with Gasteiger partial charge in [-0.2, -0.15) is 0 Å². The highest BCUT2D eigenvalue weighted by Crippen LogP contribution is 2.28. The highest BCUT2D eigenvalue weighted by Gasteiger charge is 2.37. The van der Waals surface area contributed by atoms with Crippen LogP contribution < -0.4 is 5.32 Å². The molecular formula is C24H30N2O4S. The molecule has 1 saturated heterocycles. The SMILES string of the molecule is Cc1cccc(C)c1NC(=O)CCCS(=O)(=O)C(C(=O)N1CCCC1)c1ccccc1. The maximum Gasteiger partial charge on any atom is 0.245 e. The van der Waals surface area contributed by atoms with Gasteiger partial charge in [0.05, 0.1) is 5.75 Å². The van der Waals surface area contributed by atoms with Crippen LogP contribution in [0.4, 0.5) is 5.69 Å². The van der Waals surface area contributed by atoms with E-state index in [-0.39, 0.29) is 30.4 Å². The van der Waals surface area contributed by atoms with Crippen LogP contribution in [0.3, 0.4) is 0 Å². The van der Waals surface area contributed by atoms with E-state index in [0.29, 0.717) is 18.7 Å². The second kappa shape index (κ2) is 10.1. The molecule has 7 heteroatoms. The minimum absolute atomic E-state index is 0.0758. The van der Waals surface area contributed by atoms with E-state index in [1.54, 1.807) is 35.2 Å². The van der Waals surface area contributed by atoms with Gasteiger partial charge in [0, 0.05) is 25.2 Å². The maximum absolute atomic E-state index is 13.2. The Bertz CT molecular complexity index is 1010. The lowest BCUT2D eigenvalue weighted by Crippen LogP contribution is -2.37. The van der Waals surface area contributed by atoms with Gasteiger partial charge in [0.25, 0.3) is 0 Å². The van der Waals surface area contributed by atoms with E-state index in [1.165, 1.54) is 0 Å². The number of benzene rings is 2. The Morgan fingerprint density at radius 2 is 1.58 bits per heavy atom. The topological polar surface area (TPSA) is 83.5 Å². The molecule has 0 spiro atoms. The quantitative estimate of drug-likeness (QED) is 0.674. The smallest absolute Gasteiger partial charge is 0.245 e. The number of hydrogen-bond donors (Lipinski definition) is 1. The first-order valence-corrected chi connectivity index (χ1v) is 12.4. The predicted octanol–water partition coefficient (Wildman–Crippen LogP) is 3.80. The normalized spacial score (nSPS) is 15.0. The predicted molar refractivity (Wildman–Crippen MR) is 123 cm³/mol. The van der Waals surface area contributed by atoms with Crippen LogP contribution in [-0.4, -0.2) is 44.0 Å². The summed E-state index contributed by atoms with van der Waals surface area (Å²) in [7, 11) is -3.77. The number of likely N-dealkylation sites (tertiary alicyclic amines) is 1. The first kappa shape index (κ1) is 23.0. The van der Waals surface area contributed by atoms with Crippen molar-refractivity contribution in [2.45, 2.75) is 44.8 Å². The summed E-state index contributed by atoms with van der Waals surface area (Å²) in [6, 6.07) is 14.4. The van der Waals surface area contributed by atoms with Gasteiger partial charge in [-0.25, -0.2) is 8.42 Å². The van der Waals surface area contributed by atoms with Crippen molar-refractivity contribution in [3.8, 4) is 0 Å². The van der Waals surface area contributed by atoms with E-state index in [0.717, 1.165) is 29.7 Å². The zero-order chi connectivity index (χ0) is 22.4. The Morgan fingerprint density at radius 1 is 0.968 bits per heavy atom. The molecule has 1 aliphatic heterocycles. The third-order valence-corrected chi connectivity index (χ3v) is 7.73. The van der Waals surface area contributed by atoms with Crippen LogP contribution in [0.2, 0.25) is 0 Å². The van der Waals surface area contributed by atoms with Gasteiger partial charge in [-0.3, -0.25) is 9.59 Å². The van der Waals surface area contributed by atoms with Crippen LogP contribution in [0.25, 0.3) is 0 Å². The summed E-state index contributed by atoms with van der Waals surface area (Å²) in [4.78, 5) is 27.1. The molecule has 1 fully saturated rings. The monoisotopic (exact) mass is 442 g/mol. The van der Waals surface area contributed by atoms with E-state index in [9.17, 15) is 18.0 Å². The Morgan fingerprint density at radius 3 is 2.19 bits per heavy atom. The first-order chi connectivity index (χ1) is 14.8. The number of carbonyl (C=O) groups is 2. The summed E-state index contributed by atoms with van der Waals surface area (Å²) in [6.07, 6.45) is 2.03. The van der Waals surface area contributed by atoms with Crippen LogP contribution in [0.1, 0.15) is 47.6 Å². The number of sulfone groups is 1. The van der Waals surface area contributed by atoms with E-state index in [1.807, 2.05) is 32.0 Å². The summed E-state index contributed by atoms with van der Waals surface area (Å²) in [6.45, 7) is 5.02. The molecule has 0 saturated carbocycles. The van der Waals surface area contributed by atoms with Gasteiger partial charge in [0.2, 0.25) is 11.8 Å². The molecule has 31 heavy (non-hydrogen) atoms. The molecule has 2 aromatic carbocycles. The first-order valence-electron chi connectivity index (χ1n) is 10.7. The number of hydrogen-bond acceptors (Lipinski definition) is 4. The molecule has 0 aliphatic carbocycles. The van der Waals surface area contributed by atoms with Gasteiger partial charge < -0.3 is 10.2 Å². The average Bonchev–Trinajstić information content (AvgIpc) is 3.26. The number of nitrogens with zero attached hydrogens (tertiary/aromatic N) is 1. The molecule has 6 nitrogen and oxygen atoms in total. The fourth-order valence-electron chi connectivity index (χ4n) is 4.00. The molecule has 2 aromatic rings. The molecule has 0 bridgehead atoms. The standard InChI is InChI=1S/C24H30N2O4S/c1-18-10-8-11-19(2)22(18)25-21(27)14-9-17-31(29,30)23(20-12-4-3-5-13-20)24(28)26-15-6-7-16-26/h3-5,8,10-13,23H,6-7,9,14-17H2,1-2H3,(H,25,27). The van der Waals surface area contributed by atoms with E-state index < -0.39 is 15.1 Å². The number of aryl methyl sites for hydroxylation is 2. The van der Waals surface area contributed by atoms with Crippen molar-refractivity contribution in [2.24, 2.45) is 0 Å². The van der Waals surface area contributed by atoms with Crippen molar-refractivity contribution in [3.05, 3.63) is 65.2 Å². The molecule has 0 aromatic heterocycles. The fourth-order valence-corrected chi connectivity index (χ4v) is 5.81. The number of carbonyl (C=O) groups excluding carboxylic acids is 2. The van der Waals surface area contributed by atoms with E-state index in [4.69, 9.17) is 0 Å². The second-order valence-corrected chi connectivity index (χ2v) is 10.3. The molecule has 1 heterocycles. The molecule has 1 atom stereocenters. The highest BCUT2D eigenvalue weighted by atomic mass is 32.2. The summed E-state index contributed by atoms with van der Waals surface area (Å²) in [5, 5.41) is 1.67. The maximum atomic E-state index is 13.2. The Labute approximate surface area is 184 Å². The van der Waals surface area contributed by atoms with E-state index >= 15 is 0 Å². The number of nitrogens with one attached hydrogen (secondary N) is 1. The van der Waals surface area contributed by atoms with Gasteiger partial charge in [0.1, 0.15) is 0 Å². The Hall–Kier alpha value is -2.67. The van der Waals surface area contributed by atoms with Gasteiger partial charge >= 0.3 is 0 Å². The largest absolute Gasteiger partial charge is 0.341 e. The Balaban J connectivity index is 1.68. The van der Waals surface area contributed by atoms with Crippen molar-refractivity contribution < 1.29 is 18.0 Å². The van der Waals surface area contributed by atoms with Crippen LogP contribution in [0.5, 0.6) is 0 Å². The van der Waals surface area contributed by atoms with Gasteiger partial charge in [-0.15, -0.1) is 0 Å². The van der Waals surface area contributed by atoms with Crippen LogP contribution in [0, 0.1) is 13.8 Å². The lowest BCUT2D eigenvalue weighted by atomic mass is 10.1. The molecular weight excluding hydrogens is 412 g/mol. The number of amides is 2. The zero-order valence-electron chi connectivity index (χ0n) is 18.1. The number of para-hydroxylation sites is 1. The molecule has 2 amide bonds. The average molecular weight is 443 g/mol. The van der Waals surface area contributed by atoms with Crippen LogP contribution >= 0.6 is 0 Å². The summed E-state index contributed by atoms with van der Waals surface area (Å²) in [5.41, 5.74) is 3.17. The van der Waals surface area contributed by atoms with Gasteiger partial charge in [-0.1, -0.05) is 48.5 Å². The minimum atomic E-state index is -3.77. The third kappa shape index (κ3) is 5.73. The summed E-state index contributed by atoms with van der Waals surface area (Å²) >= 11 is 0. The molecule has 0 radical (unpaired) electrons. The minimum Gasteiger partial charge on any atom is -0.341 e. The van der Waals surface area contributed by atoms with Crippen LogP contribution in [-0.2, 0) is 19.4 Å². The number of anilines is 1. The van der Waals surface area contributed by atoms with E-state index in [2.05, 4.69) is 5.32 Å². The van der Waals surface area contributed by atoms with Gasteiger partial charge in [0.15, 0.2) is 15.1 Å². The van der Waals surface area contributed by atoms with Crippen molar-refractivity contribution in [1.29, 1.82) is 0 Å². The molecule has 1 N–H and O–H groups in total. The molecule has 1 unspecified atom stereocenters. The molecule has 1 aliphatic rings. The molecule has 3 rings (SSSR count). The zero-order valence-corrected chi connectivity index (χ0v) is 19.0. The van der Waals surface area contributed by atoms with Crippen LogP contribution in [0.15, 0.2) is 48.5 Å². The third-order valence-electron chi connectivity index (χ3n) is 5.68. The second-order valence-electron chi connectivity index (χ2n) is 8.11. The molecule has 166 valence electrons.